The largest absolute Gasteiger partial charge is 0.462 e. The highest BCUT2D eigenvalue weighted by Gasteiger charge is 2.27. The lowest BCUT2D eigenvalue weighted by atomic mass is 10.0. The molecule has 0 fully saturated rings. The van der Waals surface area contributed by atoms with E-state index in [2.05, 4.69) is 25.5 Å². The van der Waals surface area contributed by atoms with E-state index in [1.807, 2.05) is 24.3 Å². The van der Waals surface area contributed by atoms with Crippen LogP contribution in [0.15, 0.2) is 53.5 Å². The Labute approximate surface area is 154 Å². The van der Waals surface area contributed by atoms with Gasteiger partial charge in [0.15, 0.2) is 0 Å². The van der Waals surface area contributed by atoms with E-state index in [1.165, 1.54) is 18.6 Å². The standard InChI is InChI=1S/C19H15N5O3/c1-2-27-19(26)16-11-5-3-4-6-13(11)22-14(16)9-12-17(23-24-18(12)25)15-10-20-7-8-21-15/h3-10,22H,2H2,1H3,(H,24,25). The van der Waals surface area contributed by atoms with E-state index >= 15 is 0 Å². The SMILES string of the molecule is CCOC(=O)c1c(C=C2C(=O)NN=C2c2cnccn2)[nH]c2ccccc12. The summed E-state index contributed by atoms with van der Waals surface area (Å²) in [5.74, 6) is -0.845. The monoisotopic (exact) mass is 361 g/mol. The first kappa shape index (κ1) is 16.6. The number of ether oxygens (including phenoxy) is 1. The summed E-state index contributed by atoms with van der Waals surface area (Å²) in [7, 11) is 0. The highest BCUT2D eigenvalue weighted by Crippen LogP contribution is 2.26. The van der Waals surface area contributed by atoms with Crippen LogP contribution in [-0.2, 0) is 9.53 Å². The number of hydrazone groups is 1. The number of benzene rings is 1. The van der Waals surface area contributed by atoms with Crippen LogP contribution in [0.25, 0.3) is 17.0 Å². The summed E-state index contributed by atoms with van der Waals surface area (Å²) in [5, 5.41) is 4.77. The van der Waals surface area contributed by atoms with Gasteiger partial charge in [-0.2, -0.15) is 5.10 Å². The Bertz CT molecular complexity index is 1100. The van der Waals surface area contributed by atoms with Gasteiger partial charge in [-0.3, -0.25) is 14.8 Å². The smallest absolute Gasteiger partial charge is 0.340 e. The maximum absolute atomic E-state index is 12.5. The van der Waals surface area contributed by atoms with Gasteiger partial charge in [-0.25, -0.2) is 10.2 Å². The molecule has 1 aliphatic heterocycles. The molecule has 1 amide bonds. The fourth-order valence-electron chi connectivity index (χ4n) is 2.92. The molecule has 0 saturated carbocycles. The number of hydrogen-bond acceptors (Lipinski definition) is 6. The van der Waals surface area contributed by atoms with Crippen LogP contribution < -0.4 is 5.43 Å². The van der Waals surface area contributed by atoms with Gasteiger partial charge in [0.1, 0.15) is 11.4 Å². The van der Waals surface area contributed by atoms with Crippen LogP contribution >= 0.6 is 0 Å². The van der Waals surface area contributed by atoms with Gasteiger partial charge in [-0.15, -0.1) is 0 Å². The number of carbonyl (C=O) groups is 2. The maximum atomic E-state index is 12.5. The van der Waals surface area contributed by atoms with Crippen molar-refractivity contribution in [3.63, 3.8) is 0 Å². The third-order valence-corrected chi connectivity index (χ3v) is 4.08. The van der Waals surface area contributed by atoms with E-state index in [0.29, 0.717) is 22.7 Å². The molecule has 0 unspecified atom stereocenters. The predicted octanol–water partition coefficient (Wildman–Crippen LogP) is 2.05. The van der Waals surface area contributed by atoms with Crippen molar-refractivity contribution >= 4 is 34.6 Å². The van der Waals surface area contributed by atoms with Gasteiger partial charge in [0.05, 0.1) is 29.6 Å². The normalized spacial score (nSPS) is 15.1. The molecule has 8 nitrogen and oxygen atoms in total. The lowest BCUT2D eigenvalue weighted by Crippen LogP contribution is -2.14. The molecule has 8 heteroatoms. The Morgan fingerprint density at radius 2 is 2.11 bits per heavy atom. The number of nitrogens with zero attached hydrogens (tertiary/aromatic N) is 3. The van der Waals surface area contributed by atoms with Crippen molar-refractivity contribution in [1.82, 2.24) is 20.4 Å². The van der Waals surface area contributed by atoms with Crippen LogP contribution in [0.1, 0.15) is 28.7 Å². The molecule has 3 heterocycles. The van der Waals surface area contributed by atoms with Crippen LogP contribution in [-0.4, -0.2) is 39.1 Å². The number of amides is 1. The van der Waals surface area contributed by atoms with E-state index in [0.717, 1.165) is 10.9 Å². The van der Waals surface area contributed by atoms with Crippen LogP contribution in [0, 0.1) is 0 Å². The summed E-state index contributed by atoms with van der Waals surface area (Å²) in [6.07, 6.45) is 6.16. The van der Waals surface area contributed by atoms with Gasteiger partial charge in [0.25, 0.3) is 5.91 Å². The van der Waals surface area contributed by atoms with Crippen LogP contribution in [0.2, 0.25) is 0 Å². The summed E-state index contributed by atoms with van der Waals surface area (Å²) < 4.78 is 5.20. The van der Waals surface area contributed by atoms with Crippen molar-refractivity contribution in [2.24, 2.45) is 5.10 Å². The fourth-order valence-corrected chi connectivity index (χ4v) is 2.92. The quantitative estimate of drug-likeness (QED) is 0.546. The highest BCUT2D eigenvalue weighted by molar-refractivity contribution is 6.32. The summed E-state index contributed by atoms with van der Waals surface area (Å²) in [6, 6.07) is 7.38. The molecule has 0 bridgehead atoms. The molecule has 0 aliphatic carbocycles. The van der Waals surface area contributed by atoms with Crippen molar-refractivity contribution in [2.45, 2.75) is 6.92 Å². The van der Waals surface area contributed by atoms with Crippen molar-refractivity contribution < 1.29 is 14.3 Å². The van der Waals surface area contributed by atoms with E-state index in [1.54, 1.807) is 13.0 Å². The van der Waals surface area contributed by atoms with Crippen LogP contribution in [0.3, 0.4) is 0 Å². The molecule has 2 N–H and O–H groups in total. The Hall–Kier alpha value is -3.81. The summed E-state index contributed by atoms with van der Waals surface area (Å²) >= 11 is 0. The number of carbonyl (C=O) groups excluding carboxylic acids is 2. The van der Waals surface area contributed by atoms with E-state index < -0.39 is 5.97 Å². The maximum Gasteiger partial charge on any atom is 0.340 e. The molecule has 0 radical (unpaired) electrons. The fraction of sp³-hybridized carbons (Fsp3) is 0.105. The predicted molar refractivity (Wildman–Crippen MR) is 98.9 cm³/mol. The number of aromatic amines is 1. The van der Waals surface area contributed by atoms with E-state index in [-0.39, 0.29) is 18.1 Å². The average Bonchev–Trinajstić information content (AvgIpc) is 3.23. The Balaban J connectivity index is 1.87. The second-order valence-corrected chi connectivity index (χ2v) is 5.73. The minimum Gasteiger partial charge on any atom is -0.462 e. The lowest BCUT2D eigenvalue weighted by molar-refractivity contribution is -0.116. The number of fused-ring (bicyclic) bond motifs is 1. The molecule has 0 atom stereocenters. The molecule has 1 aliphatic rings. The zero-order valence-corrected chi connectivity index (χ0v) is 14.4. The average molecular weight is 361 g/mol. The first-order valence-electron chi connectivity index (χ1n) is 8.33. The molecule has 4 rings (SSSR count). The zero-order valence-electron chi connectivity index (χ0n) is 14.4. The van der Waals surface area contributed by atoms with Crippen LogP contribution in [0.4, 0.5) is 0 Å². The number of esters is 1. The van der Waals surface area contributed by atoms with Crippen molar-refractivity contribution in [2.75, 3.05) is 6.61 Å². The van der Waals surface area contributed by atoms with Gasteiger partial charge < -0.3 is 9.72 Å². The van der Waals surface area contributed by atoms with Gasteiger partial charge in [-0.1, -0.05) is 18.2 Å². The molecule has 3 aromatic rings. The number of nitrogens with one attached hydrogen (secondary N) is 2. The molecule has 0 saturated heterocycles. The first-order chi connectivity index (χ1) is 13.2. The summed E-state index contributed by atoms with van der Waals surface area (Å²) in [5.41, 5.74) is 5.14. The Morgan fingerprint density at radius 3 is 2.89 bits per heavy atom. The second-order valence-electron chi connectivity index (χ2n) is 5.73. The minimum absolute atomic E-state index is 0.251. The van der Waals surface area contributed by atoms with Gasteiger partial charge in [0, 0.05) is 23.3 Å². The molecule has 27 heavy (non-hydrogen) atoms. The van der Waals surface area contributed by atoms with Crippen molar-refractivity contribution in [1.29, 1.82) is 0 Å². The molecule has 134 valence electrons. The molecule has 1 aromatic carbocycles. The Morgan fingerprint density at radius 1 is 1.26 bits per heavy atom. The number of rotatable bonds is 4. The number of hydrogen-bond donors (Lipinski definition) is 2. The minimum atomic E-state index is -0.460. The van der Waals surface area contributed by atoms with Gasteiger partial charge in [0.2, 0.25) is 0 Å². The number of aromatic nitrogens is 3. The third kappa shape index (κ3) is 2.97. The van der Waals surface area contributed by atoms with E-state index in [9.17, 15) is 9.59 Å². The topological polar surface area (TPSA) is 109 Å². The highest BCUT2D eigenvalue weighted by atomic mass is 16.5. The second kappa shape index (κ2) is 6.83. The number of para-hydroxylation sites is 1. The third-order valence-electron chi connectivity index (χ3n) is 4.08. The summed E-state index contributed by atoms with van der Waals surface area (Å²) in [6.45, 7) is 2.00. The lowest BCUT2D eigenvalue weighted by Gasteiger charge is -2.03. The Kier molecular flexibility index (Phi) is 4.21. The van der Waals surface area contributed by atoms with Gasteiger partial charge in [-0.05, 0) is 19.1 Å². The van der Waals surface area contributed by atoms with Crippen LogP contribution in [0.5, 0.6) is 0 Å². The molecule has 2 aromatic heterocycles. The molecular formula is C19H15N5O3. The van der Waals surface area contributed by atoms with E-state index in [4.69, 9.17) is 4.74 Å². The molecule has 0 spiro atoms. The van der Waals surface area contributed by atoms with Crippen molar-refractivity contribution in [3.05, 3.63) is 65.4 Å². The van der Waals surface area contributed by atoms with Gasteiger partial charge >= 0.3 is 5.97 Å². The zero-order chi connectivity index (χ0) is 18.8. The summed E-state index contributed by atoms with van der Waals surface area (Å²) in [4.78, 5) is 36.2. The molecular weight excluding hydrogens is 346 g/mol. The number of H-pyrrole nitrogens is 1. The van der Waals surface area contributed by atoms with Crippen molar-refractivity contribution in [3.8, 4) is 0 Å². The first-order valence-corrected chi connectivity index (χ1v) is 8.33.